The van der Waals surface area contributed by atoms with E-state index < -0.39 is 11.6 Å². The van der Waals surface area contributed by atoms with Gasteiger partial charge < -0.3 is 9.15 Å². The molecule has 7 heteroatoms. The number of halogens is 1. The van der Waals surface area contributed by atoms with Crippen molar-refractivity contribution in [3.63, 3.8) is 0 Å². The molecular weight excluding hydrogens is 430 g/mol. The van der Waals surface area contributed by atoms with E-state index in [1.165, 1.54) is 13.0 Å². The molecule has 1 N–H and O–H groups in total. The molecule has 0 spiro atoms. The van der Waals surface area contributed by atoms with E-state index in [2.05, 4.69) is 15.9 Å². The number of carbonyl (C=O) groups excluding carboxylic acids is 1. The molecule has 3 aromatic rings. The summed E-state index contributed by atoms with van der Waals surface area (Å²) in [4.78, 5) is 23.2. The molecule has 0 saturated carbocycles. The van der Waals surface area contributed by atoms with Gasteiger partial charge in [-0.25, -0.2) is 4.79 Å². The van der Waals surface area contributed by atoms with Crippen LogP contribution >= 0.6 is 27.7 Å². The second-order valence-corrected chi connectivity index (χ2v) is 7.37. The molecule has 0 aliphatic rings. The SMILES string of the molecule is CC(=O)Oc1ccc2cc(C(=N)S/C=C/c3ccc(Br)cc3)c(=O)oc2c1. The number of hydrogen-bond acceptors (Lipinski definition) is 6. The zero-order chi connectivity index (χ0) is 19.4. The fourth-order valence-electron chi connectivity index (χ4n) is 2.30. The number of thioether (sulfide) groups is 1. The predicted molar refractivity (Wildman–Crippen MR) is 111 cm³/mol. The first-order valence-electron chi connectivity index (χ1n) is 7.86. The Kier molecular flexibility index (Phi) is 5.93. The van der Waals surface area contributed by atoms with Crippen LogP contribution in [-0.4, -0.2) is 11.0 Å². The molecule has 2 aromatic carbocycles. The fraction of sp³-hybridized carbons (Fsp3) is 0.0500. The lowest BCUT2D eigenvalue weighted by Crippen LogP contribution is -2.11. The smallest absolute Gasteiger partial charge is 0.346 e. The van der Waals surface area contributed by atoms with Gasteiger partial charge in [-0.3, -0.25) is 10.2 Å². The summed E-state index contributed by atoms with van der Waals surface area (Å²) in [6.45, 7) is 1.30. The maximum Gasteiger partial charge on any atom is 0.346 e. The first-order valence-corrected chi connectivity index (χ1v) is 9.53. The van der Waals surface area contributed by atoms with Crippen LogP contribution < -0.4 is 10.4 Å². The Morgan fingerprint density at radius 2 is 1.93 bits per heavy atom. The van der Waals surface area contributed by atoms with E-state index in [0.717, 1.165) is 21.8 Å². The van der Waals surface area contributed by atoms with Gasteiger partial charge in [-0.15, -0.1) is 0 Å². The first kappa shape index (κ1) is 19.1. The summed E-state index contributed by atoms with van der Waals surface area (Å²) in [5, 5.41) is 10.6. The van der Waals surface area contributed by atoms with Crippen LogP contribution in [0.3, 0.4) is 0 Å². The second-order valence-electron chi connectivity index (χ2n) is 5.54. The quantitative estimate of drug-likeness (QED) is 0.197. The van der Waals surface area contributed by atoms with Gasteiger partial charge in [0.05, 0.1) is 5.56 Å². The maximum absolute atomic E-state index is 12.2. The molecule has 5 nitrogen and oxygen atoms in total. The van der Waals surface area contributed by atoms with E-state index in [4.69, 9.17) is 14.6 Å². The molecule has 27 heavy (non-hydrogen) atoms. The van der Waals surface area contributed by atoms with E-state index in [0.29, 0.717) is 16.7 Å². The molecule has 0 aliphatic heterocycles. The third-order valence-corrected chi connectivity index (χ3v) is 4.79. The zero-order valence-electron chi connectivity index (χ0n) is 14.2. The lowest BCUT2D eigenvalue weighted by atomic mass is 10.2. The summed E-state index contributed by atoms with van der Waals surface area (Å²) < 4.78 is 11.3. The van der Waals surface area contributed by atoms with Gasteiger partial charge in [0.15, 0.2) is 0 Å². The Balaban J connectivity index is 1.79. The van der Waals surface area contributed by atoms with Crippen molar-refractivity contribution in [1.82, 2.24) is 0 Å². The molecule has 3 rings (SSSR count). The first-order chi connectivity index (χ1) is 12.9. The van der Waals surface area contributed by atoms with Gasteiger partial charge in [0.2, 0.25) is 0 Å². The molecule has 0 bridgehead atoms. The van der Waals surface area contributed by atoms with Crippen molar-refractivity contribution in [2.45, 2.75) is 6.92 Å². The van der Waals surface area contributed by atoms with Gasteiger partial charge in [-0.1, -0.05) is 39.8 Å². The third-order valence-electron chi connectivity index (χ3n) is 3.53. The van der Waals surface area contributed by atoms with Crippen LogP contribution in [0.5, 0.6) is 5.75 Å². The van der Waals surface area contributed by atoms with Crippen LogP contribution in [0.15, 0.2) is 67.6 Å². The van der Waals surface area contributed by atoms with Crippen molar-refractivity contribution in [1.29, 1.82) is 5.41 Å². The highest BCUT2D eigenvalue weighted by molar-refractivity contribution is 9.10. The van der Waals surface area contributed by atoms with Crippen LogP contribution in [0.1, 0.15) is 18.1 Å². The minimum atomic E-state index is -0.614. The van der Waals surface area contributed by atoms with Crippen molar-refractivity contribution in [2.24, 2.45) is 0 Å². The van der Waals surface area contributed by atoms with Gasteiger partial charge in [0.25, 0.3) is 0 Å². The predicted octanol–water partition coefficient (Wildman–Crippen LogP) is 5.21. The number of nitrogens with one attached hydrogen (secondary N) is 1. The molecule has 0 fully saturated rings. The van der Waals surface area contributed by atoms with Crippen molar-refractivity contribution in [2.75, 3.05) is 0 Å². The third kappa shape index (κ3) is 4.96. The van der Waals surface area contributed by atoms with Crippen LogP contribution in [0.2, 0.25) is 0 Å². The maximum atomic E-state index is 12.2. The Morgan fingerprint density at radius 1 is 1.19 bits per heavy atom. The molecule has 0 amide bonds. The monoisotopic (exact) mass is 443 g/mol. The molecule has 1 aromatic heterocycles. The van der Waals surface area contributed by atoms with Gasteiger partial charge in [0, 0.05) is 22.8 Å². The van der Waals surface area contributed by atoms with Crippen LogP contribution in [0, 0.1) is 5.41 Å². The van der Waals surface area contributed by atoms with Crippen LogP contribution in [-0.2, 0) is 4.79 Å². The summed E-state index contributed by atoms with van der Waals surface area (Å²) in [7, 11) is 0. The molecule has 0 radical (unpaired) electrons. The Hall–Kier alpha value is -2.64. The second kappa shape index (κ2) is 8.37. The Bertz CT molecular complexity index is 1100. The lowest BCUT2D eigenvalue weighted by Gasteiger charge is -2.04. The molecule has 0 saturated heterocycles. The van der Waals surface area contributed by atoms with E-state index in [1.54, 1.807) is 23.6 Å². The highest BCUT2D eigenvalue weighted by Crippen LogP contribution is 2.22. The number of ether oxygens (including phenoxy) is 1. The lowest BCUT2D eigenvalue weighted by molar-refractivity contribution is -0.131. The van der Waals surface area contributed by atoms with Gasteiger partial charge in [-0.2, -0.15) is 0 Å². The van der Waals surface area contributed by atoms with Gasteiger partial charge in [-0.05, 0) is 47.4 Å². The molecule has 1 heterocycles. The zero-order valence-corrected chi connectivity index (χ0v) is 16.6. The minimum absolute atomic E-state index is 0.0862. The van der Waals surface area contributed by atoms with E-state index >= 15 is 0 Å². The standard InChI is InChI=1S/C20H14BrNO4S/c1-12(23)25-16-7-4-14-10-17(20(24)26-18(14)11-16)19(22)27-9-8-13-2-5-15(21)6-3-13/h2-11,22H,1H3/b9-8+,22-19?. The highest BCUT2D eigenvalue weighted by Gasteiger charge is 2.11. The number of carbonyl (C=O) groups is 1. The Labute approximate surface area is 167 Å². The number of rotatable bonds is 4. The fourth-order valence-corrected chi connectivity index (χ4v) is 3.19. The minimum Gasteiger partial charge on any atom is -0.427 e. The Morgan fingerprint density at radius 3 is 2.63 bits per heavy atom. The summed E-state index contributed by atoms with van der Waals surface area (Å²) in [6.07, 6.45) is 1.86. The highest BCUT2D eigenvalue weighted by atomic mass is 79.9. The summed E-state index contributed by atoms with van der Waals surface area (Å²) in [5.41, 5.74) is 0.845. The van der Waals surface area contributed by atoms with Crippen LogP contribution in [0.25, 0.3) is 17.0 Å². The van der Waals surface area contributed by atoms with Crippen molar-refractivity contribution < 1.29 is 13.9 Å². The molecule has 136 valence electrons. The van der Waals surface area contributed by atoms with Gasteiger partial charge >= 0.3 is 11.6 Å². The van der Waals surface area contributed by atoms with Gasteiger partial charge in [0.1, 0.15) is 16.4 Å². The van der Waals surface area contributed by atoms with Crippen molar-refractivity contribution >= 4 is 55.8 Å². The molecule has 0 unspecified atom stereocenters. The number of fused-ring (bicyclic) bond motifs is 1. The summed E-state index contributed by atoms with van der Waals surface area (Å²) >= 11 is 4.50. The van der Waals surface area contributed by atoms with E-state index in [9.17, 15) is 9.59 Å². The normalized spacial score (nSPS) is 11.0. The van der Waals surface area contributed by atoms with Crippen LogP contribution in [0.4, 0.5) is 0 Å². The molecular formula is C20H14BrNO4S. The molecule has 0 atom stereocenters. The van der Waals surface area contributed by atoms with Crippen molar-refractivity contribution in [3.8, 4) is 5.75 Å². The number of benzene rings is 2. The average Bonchev–Trinajstić information content (AvgIpc) is 2.62. The molecule has 0 aliphatic carbocycles. The average molecular weight is 444 g/mol. The van der Waals surface area contributed by atoms with Crippen molar-refractivity contribution in [3.05, 3.63) is 80.0 Å². The van der Waals surface area contributed by atoms with E-state index in [-0.39, 0.29) is 10.6 Å². The number of hydrogen-bond donors (Lipinski definition) is 1. The summed E-state index contributed by atoms with van der Waals surface area (Å²) in [5.74, 6) is -0.156. The summed E-state index contributed by atoms with van der Waals surface area (Å²) in [6, 6.07) is 14.1. The number of esters is 1. The topological polar surface area (TPSA) is 80.4 Å². The largest absolute Gasteiger partial charge is 0.427 e. The van der Waals surface area contributed by atoms with E-state index in [1.807, 2.05) is 30.3 Å².